The number of fused-ring (bicyclic) bond motifs is 4. The zero-order chi connectivity index (χ0) is 10.4. The van der Waals surface area contributed by atoms with Crippen LogP contribution in [0.1, 0.15) is 44.9 Å². The molecule has 2 saturated carbocycles. The van der Waals surface area contributed by atoms with Gasteiger partial charge in [0.1, 0.15) is 0 Å². The quantitative estimate of drug-likeness (QED) is 0.721. The zero-order valence-corrected chi connectivity index (χ0v) is 9.04. The largest absolute Gasteiger partial charge is 0.481 e. The predicted octanol–water partition coefficient (Wildman–Crippen LogP) is 2.99. The first-order valence-electron chi connectivity index (χ1n) is 6.19. The molecule has 3 aliphatic carbocycles. The van der Waals surface area contributed by atoms with Gasteiger partial charge in [0.2, 0.25) is 0 Å². The maximum Gasteiger partial charge on any atom is 0.303 e. The summed E-state index contributed by atoms with van der Waals surface area (Å²) in [4.78, 5) is 10.6. The summed E-state index contributed by atoms with van der Waals surface area (Å²) in [5.74, 6) is 1.82. The number of allylic oxidation sites excluding steroid dienone is 2. The van der Waals surface area contributed by atoms with Crippen LogP contribution in [0.4, 0.5) is 0 Å². The summed E-state index contributed by atoms with van der Waals surface area (Å²) in [6.07, 6.45) is 7.96. The van der Waals surface area contributed by atoms with Crippen LogP contribution in [0.25, 0.3) is 0 Å². The van der Waals surface area contributed by atoms with Crippen LogP contribution in [-0.4, -0.2) is 11.1 Å². The van der Waals surface area contributed by atoms with Gasteiger partial charge in [-0.1, -0.05) is 11.1 Å². The lowest BCUT2D eigenvalue weighted by Crippen LogP contribution is -2.13. The third-order valence-electron chi connectivity index (χ3n) is 4.66. The molecule has 0 amide bonds. The molecule has 2 heteroatoms. The predicted molar refractivity (Wildman–Crippen MR) is 57.5 cm³/mol. The van der Waals surface area contributed by atoms with Crippen molar-refractivity contribution in [1.29, 1.82) is 0 Å². The second-order valence-corrected chi connectivity index (χ2v) is 5.38. The molecule has 0 aliphatic heterocycles. The molecule has 0 aromatic carbocycles. The molecule has 15 heavy (non-hydrogen) atoms. The van der Waals surface area contributed by atoms with E-state index in [2.05, 4.69) is 0 Å². The van der Waals surface area contributed by atoms with E-state index in [1.165, 1.54) is 32.1 Å². The third-order valence-corrected chi connectivity index (χ3v) is 4.66. The molecular weight excluding hydrogens is 188 g/mol. The Morgan fingerprint density at radius 1 is 1.40 bits per heavy atom. The van der Waals surface area contributed by atoms with E-state index in [-0.39, 0.29) is 0 Å². The van der Waals surface area contributed by atoms with Crippen molar-refractivity contribution in [3.63, 3.8) is 0 Å². The first-order valence-corrected chi connectivity index (χ1v) is 6.19. The van der Waals surface area contributed by atoms with E-state index in [1.54, 1.807) is 11.1 Å². The monoisotopic (exact) mass is 206 g/mol. The van der Waals surface area contributed by atoms with Crippen LogP contribution < -0.4 is 0 Å². The first kappa shape index (κ1) is 9.44. The minimum Gasteiger partial charge on any atom is -0.481 e. The van der Waals surface area contributed by atoms with Crippen molar-refractivity contribution in [3.05, 3.63) is 11.1 Å². The van der Waals surface area contributed by atoms with Crippen LogP contribution in [0.3, 0.4) is 0 Å². The Morgan fingerprint density at radius 3 is 3.07 bits per heavy atom. The van der Waals surface area contributed by atoms with E-state index < -0.39 is 5.97 Å². The number of hydrogen-bond acceptors (Lipinski definition) is 1. The average molecular weight is 206 g/mol. The Bertz CT molecular complexity index is 329. The van der Waals surface area contributed by atoms with Crippen molar-refractivity contribution in [2.75, 3.05) is 0 Å². The number of carboxylic acids is 1. The molecule has 0 spiro atoms. The van der Waals surface area contributed by atoms with Gasteiger partial charge in [0, 0.05) is 6.42 Å². The van der Waals surface area contributed by atoms with E-state index in [4.69, 9.17) is 5.11 Å². The molecule has 2 nitrogen and oxygen atoms in total. The molecule has 3 unspecified atom stereocenters. The van der Waals surface area contributed by atoms with E-state index >= 15 is 0 Å². The molecule has 2 bridgehead atoms. The van der Waals surface area contributed by atoms with Crippen molar-refractivity contribution in [2.45, 2.75) is 44.9 Å². The van der Waals surface area contributed by atoms with Gasteiger partial charge in [-0.05, 0) is 56.3 Å². The second-order valence-electron chi connectivity index (χ2n) is 5.38. The maximum atomic E-state index is 10.6. The lowest BCUT2D eigenvalue weighted by molar-refractivity contribution is -0.137. The smallest absolute Gasteiger partial charge is 0.303 e. The van der Waals surface area contributed by atoms with Gasteiger partial charge in [-0.15, -0.1) is 0 Å². The van der Waals surface area contributed by atoms with Crippen molar-refractivity contribution in [1.82, 2.24) is 0 Å². The van der Waals surface area contributed by atoms with Gasteiger partial charge in [0.15, 0.2) is 0 Å². The van der Waals surface area contributed by atoms with E-state index in [0.29, 0.717) is 12.3 Å². The fraction of sp³-hybridized carbons (Fsp3) is 0.769. The molecule has 0 aromatic heterocycles. The van der Waals surface area contributed by atoms with E-state index in [9.17, 15) is 4.79 Å². The highest BCUT2D eigenvalue weighted by Crippen LogP contribution is 2.57. The molecule has 3 atom stereocenters. The van der Waals surface area contributed by atoms with Crippen LogP contribution in [-0.2, 0) is 4.79 Å². The van der Waals surface area contributed by atoms with Gasteiger partial charge in [0.25, 0.3) is 0 Å². The molecule has 0 heterocycles. The van der Waals surface area contributed by atoms with Gasteiger partial charge in [-0.25, -0.2) is 0 Å². The summed E-state index contributed by atoms with van der Waals surface area (Å²) in [7, 11) is 0. The Kier molecular flexibility index (Phi) is 2.11. The molecule has 0 aromatic rings. The van der Waals surface area contributed by atoms with Gasteiger partial charge in [-0.2, -0.15) is 0 Å². The SMILES string of the molecule is O=C(O)CCC1CC2CC1=C1CCCC12. The number of carbonyl (C=O) groups is 1. The minimum atomic E-state index is -0.633. The fourth-order valence-corrected chi connectivity index (χ4v) is 4.12. The number of carboxylic acid groups (broad SMARTS) is 1. The van der Waals surface area contributed by atoms with Gasteiger partial charge < -0.3 is 5.11 Å². The standard InChI is InChI=1S/C13H18O2/c14-13(15)5-4-8-6-9-7-12(8)11-3-1-2-10(9)11/h8-10H,1-7H2,(H,14,15). The van der Waals surface area contributed by atoms with Crippen LogP contribution in [0.15, 0.2) is 11.1 Å². The topological polar surface area (TPSA) is 37.3 Å². The Morgan fingerprint density at radius 2 is 2.27 bits per heavy atom. The summed E-state index contributed by atoms with van der Waals surface area (Å²) >= 11 is 0. The third kappa shape index (κ3) is 1.42. The Hall–Kier alpha value is -0.790. The highest BCUT2D eigenvalue weighted by atomic mass is 16.4. The normalized spacial score (nSPS) is 37.5. The number of hydrogen-bond donors (Lipinski definition) is 1. The number of aliphatic carboxylic acids is 1. The van der Waals surface area contributed by atoms with E-state index in [1.807, 2.05) is 0 Å². The van der Waals surface area contributed by atoms with Crippen molar-refractivity contribution >= 4 is 5.97 Å². The summed E-state index contributed by atoms with van der Waals surface area (Å²) in [6.45, 7) is 0. The molecule has 3 rings (SSSR count). The summed E-state index contributed by atoms with van der Waals surface area (Å²) in [5, 5.41) is 8.72. The molecule has 1 N–H and O–H groups in total. The first-order chi connectivity index (χ1) is 7.25. The second kappa shape index (κ2) is 3.36. The molecule has 0 saturated heterocycles. The van der Waals surface area contributed by atoms with Gasteiger partial charge >= 0.3 is 5.97 Å². The van der Waals surface area contributed by atoms with Crippen molar-refractivity contribution in [2.24, 2.45) is 17.8 Å². The lowest BCUT2D eigenvalue weighted by atomic mass is 9.82. The molecule has 82 valence electrons. The highest BCUT2D eigenvalue weighted by Gasteiger charge is 2.45. The van der Waals surface area contributed by atoms with Crippen molar-refractivity contribution in [3.8, 4) is 0 Å². The molecule has 3 aliphatic rings. The lowest BCUT2D eigenvalue weighted by Gasteiger charge is -2.23. The summed E-state index contributed by atoms with van der Waals surface area (Å²) in [5.41, 5.74) is 3.44. The molecule has 0 radical (unpaired) electrons. The van der Waals surface area contributed by atoms with Crippen LogP contribution >= 0.6 is 0 Å². The molecule has 2 fully saturated rings. The zero-order valence-electron chi connectivity index (χ0n) is 9.04. The fourth-order valence-electron chi connectivity index (χ4n) is 4.12. The Balaban J connectivity index is 1.73. The highest BCUT2D eigenvalue weighted by molar-refractivity contribution is 5.66. The minimum absolute atomic E-state index is 0.360. The van der Waals surface area contributed by atoms with Crippen LogP contribution in [0.2, 0.25) is 0 Å². The maximum absolute atomic E-state index is 10.6. The van der Waals surface area contributed by atoms with Gasteiger partial charge in [0.05, 0.1) is 0 Å². The van der Waals surface area contributed by atoms with Gasteiger partial charge in [-0.3, -0.25) is 4.79 Å². The summed E-state index contributed by atoms with van der Waals surface area (Å²) < 4.78 is 0. The summed E-state index contributed by atoms with van der Waals surface area (Å²) in [6, 6.07) is 0. The molecular formula is C13H18O2. The van der Waals surface area contributed by atoms with E-state index in [0.717, 1.165) is 18.3 Å². The number of rotatable bonds is 3. The Labute approximate surface area is 90.4 Å². The van der Waals surface area contributed by atoms with Crippen LogP contribution in [0, 0.1) is 17.8 Å². The van der Waals surface area contributed by atoms with Crippen molar-refractivity contribution < 1.29 is 9.90 Å². The average Bonchev–Trinajstić information content (AvgIpc) is 2.86. The van der Waals surface area contributed by atoms with Crippen LogP contribution in [0.5, 0.6) is 0 Å².